The zero-order chi connectivity index (χ0) is 19.7. The Morgan fingerprint density at radius 3 is 2.33 bits per heavy atom. The van der Waals surface area contributed by atoms with Crippen molar-refractivity contribution in [3.8, 4) is 5.75 Å². The fraction of sp³-hybridized carbons (Fsp3) is 0.545. The van der Waals surface area contributed by atoms with Crippen molar-refractivity contribution in [2.75, 3.05) is 6.61 Å². The number of fused-ring (bicyclic) bond motifs is 1. The van der Waals surface area contributed by atoms with Gasteiger partial charge >= 0.3 is 0 Å². The third-order valence-corrected chi connectivity index (χ3v) is 5.85. The van der Waals surface area contributed by atoms with Crippen molar-refractivity contribution in [1.29, 1.82) is 0 Å². The molecule has 0 saturated heterocycles. The summed E-state index contributed by atoms with van der Waals surface area (Å²) in [4.78, 5) is 0. The molecule has 0 bridgehead atoms. The summed E-state index contributed by atoms with van der Waals surface area (Å²) in [6.07, 6.45) is 2.26. The average Bonchev–Trinajstić information content (AvgIpc) is 2.68. The monoisotopic (exact) mass is 377 g/mol. The SMILES string of the molecule is CCC(F)(F)C1CCC(Oc2ccc3cc(C(C)(N)CO)ccc3c2)CC1. The second-order valence-corrected chi connectivity index (χ2v) is 8.01. The Labute approximate surface area is 159 Å². The molecule has 2 aromatic rings. The molecule has 1 saturated carbocycles. The van der Waals surface area contributed by atoms with Crippen LogP contribution in [0.25, 0.3) is 10.8 Å². The third-order valence-electron chi connectivity index (χ3n) is 5.85. The van der Waals surface area contributed by atoms with Crippen LogP contribution in [0.15, 0.2) is 36.4 Å². The van der Waals surface area contributed by atoms with Crippen LogP contribution < -0.4 is 10.5 Å². The number of benzene rings is 2. The van der Waals surface area contributed by atoms with E-state index in [1.807, 2.05) is 36.4 Å². The summed E-state index contributed by atoms with van der Waals surface area (Å²) >= 11 is 0. The lowest BCUT2D eigenvalue weighted by atomic mass is 9.82. The molecule has 1 atom stereocenters. The number of alkyl halides is 2. The van der Waals surface area contributed by atoms with Gasteiger partial charge in [0, 0.05) is 12.3 Å². The molecule has 5 heteroatoms. The molecule has 3 nitrogen and oxygen atoms in total. The number of aliphatic hydroxyl groups excluding tert-OH is 1. The molecule has 3 rings (SSSR count). The lowest BCUT2D eigenvalue weighted by Crippen LogP contribution is -2.36. The van der Waals surface area contributed by atoms with E-state index in [1.54, 1.807) is 13.8 Å². The van der Waals surface area contributed by atoms with Crippen LogP contribution in [0.1, 0.15) is 51.5 Å². The van der Waals surface area contributed by atoms with Gasteiger partial charge in [-0.1, -0.05) is 25.1 Å². The summed E-state index contributed by atoms with van der Waals surface area (Å²) in [6, 6.07) is 11.7. The normalized spacial score (nSPS) is 23.2. The number of nitrogens with two attached hydrogens (primary N) is 1. The van der Waals surface area contributed by atoms with Gasteiger partial charge in [0.1, 0.15) is 5.75 Å². The Hall–Kier alpha value is -1.72. The molecule has 0 aliphatic heterocycles. The van der Waals surface area contributed by atoms with Gasteiger partial charge in [0.2, 0.25) is 0 Å². The first-order chi connectivity index (χ1) is 12.7. The van der Waals surface area contributed by atoms with Gasteiger partial charge in [0.15, 0.2) is 0 Å². The van der Waals surface area contributed by atoms with Crippen molar-refractivity contribution >= 4 is 10.8 Å². The van der Waals surface area contributed by atoms with E-state index in [2.05, 4.69) is 0 Å². The Balaban J connectivity index is 1.67. The van der Waals surface area contributed by atoms with Crippen LogP contribution in [0.3, 0.4) is 0 Å². The summed E-state index contributed by atoms with van der Waals surface area (Å²) in [7, 11) is 0. The van der Waals surface area contributed by atoms with E-state index in [4.69, 9.17) is 10.5 Å². The first-order valence-corrected chi connectivity index (χ1v) is 9.73. The van der Waals surface area contributed by atoms with E-state index in [9.17, 15) is 13.9 Å². The number of halogens is 2. The molecule has 27 heavy (non-hydrogen) atoms. The van der Waals surface area contributed by atoms with Gasteiger partial charge in [-0.2, -0.15) is 0 Å². The molecule has 0 amide bonds. The molecule has 1 unspecified atom stereocenters. The van der Waals surface area contributed by atoms with Crippen LogP contribution in [0.2, 0.25) is 0 Å². The lowest BCUT2D eigenvalue weighted by molar-refractivity contribution is -0.0819. The minimum absolute atomic E-state index is 0.00708. The van der Waals surface area contributed by atoms with Crippen molar-refractivity contribution in [1.82, 2.24) is 0 Å². The Kier molecular flexibility index (Phi) is 5.73. The number of aliphatic hydroxyl groups is 1. The second-order valence-electron chi connectivity index (χ2n) is 8.01. The molecule has 0 aromatic heterocycles. The van der Waals surface area contributed by atoms with Crippen LogP contribution in [0.5, 0.6) is 5.75 Å². The smallest absolute Gasteiger partial charge is 0.250 e. The van der Waals surface area contributed by atoms with Crippen LogP contribution in [-0.2, 0) is 5.54 Å². The summed E-state index contributed by atoms with van der Waals surface area (Å²) in [5.74, 6) is -2.31. The minimum atomic E-state index is -2.56. The molecule has 0 spiro atoms. The highest BCUT2D eigenvalue weighted by Gasteiger charge is 2.40. The first kappa shape index (κ1) is 20.0. The summed E-state index contributed by atoms with van der Waals surface area (Å²) < 4.78 is 33.8. The predicted molar refractivity (Wildman–Crippen MR) is 104 cm³/mol. The van der Waals surface area contributed by atoms with Crippen molar-refractivity contribution < 1.29 is 18.6 Å². The maximum atomic E-state index is 13.8. The molecular formula is C22H29F2NO2. The fourth-order valence-electron chi connectivity index (χ4n) is 3.83. The topological polar surface area (TPSA) is 55.5 Å². The molecule has 0 heterocycles. The highest BCUT2D eigenvalue weighted by Crippen LogP contribution is 2.39. The van der Waals surface area contributed by atoms with Crippen LogP contribution >= 0.6 is 0 Å². The predicted octanol–water partition coefficient (Wildman–Crippen LogP) is 4.99. The fourth-order valence-corrected chi connectivity index (χ4v) is 3.83. The lowest BCUT2D eigenvalue weighted by Gasteiger charge is -2.33. The minimum Gasteiger partial charge on any atom is -0.490 e. The molecule has 3 N–H and O–H groups in total. The van der Waals surface area contributed by atoms with Crippen molar-refractivity contribution in [3.63, 3.8) is 0 Å². The van der Waals surface area contributed by atoms with Crippen LogP contribution in [0.4, 0.5) is 8.78 Å². The third kappa shape index (κ3) is 4.41. The Morgan fingerprint density at radius 1 is 1.07 bits per heavy atom. The van der Waals surface area contributed by atoms with Gasteiger partial charge in [-0.15, -0.1) is 0 Å². The van der Waals surface area contributed by atoms with Gasteiger partial charge in [-0.3, -0.25) is 0 Å². The molecule has 1 fully saturated rings. The average molecular weight is 377 g/mol. The van der Waals surface area contributed by atoms with E-state index < -0.39 is 17.4 Å². The zero-order valence-corrected chi connectivity index (χ0v) is 16.1. The van der Waals surface area contributed by atoms with E-state index in [0.29, 0.717) is 25.7 Å². The number of hydrogen-bond donors (Lipinski definition) is 2. The maximum Gasteiger partial charge on any atom is 0.250 e. The van der Waals surface area contributed by atoms with Gasteiger partial charge in [-0.25, -0.2) is 8.78 Å². The Morgan fingerprint density at radius 2 is 1.70 bits per heavy atom. The van der Waals surface area contributed by atoms with Gasteiger partial charge in [0.05, 0.1) is 18.2 Å². The van der Waals surface area contributed by atoms with Crippen LogP contribution in [-0.4, -0.2) is 23.7 Å². The molecule has 0 radical (unpaired) electrons. The highest BCUT2D eigenvalue weighted by atomic mass is 19.3. The molecule has 1 aliphatic carbocycles. The summed E-state index contributed by atoms with van der Waals surface area (Å²) in [6.45, 7) is 3.22. The van der Waals surface area contributed by atoms with E-state index in [1.165, 1.54) is 0 Å². The van der Waals surface area contributed by atoms with Crippen molar-refractivity contribution in [2.45, 2.75) is 63.5 Å². The standard InChI is InChI=1S/C22H29F2NO2/c1-3-22(23,24)17-7-10-19(11-8-17)27-20-9-5-15-12-18(21(2,25)14-26)6-4-16(15)13-20/h4-6,9,12-13,17,19,26H,3,7-8,10-11,14,25H2,1-2H3. The van der Waals surface area contributed by atoms with Gasteiger partial charge in [0.25, 0.3) is 5.92 Å². The highest BCUT2D eigenvalue weighted by molar-refractivity contribution is 5.84. The second kappa shape index (κ2) is 7.72. The largest absolute Gasteiger partial charge is 0.490 e. The van der Waals surface area contributed by atoms with Crippen molar-refractivity contribution in [3.05, 3.63) is 42.0 Å². The van der Waals surface area contributed by atoms with Crippen molar-refractivity contribution in [2.24, 2.45) is 11.7 Å². The summed E-state index contributed by atoms with van der Waals surface area (Å²) in [5, 5.41) is 11.5. The Bertz CT molecular complexity index is 783. The zero-order valence-electron chi connectivity index (χ0n) is 16.1. The molecular weight excluding hydrogens is 348 g/mol. The summed E-state index contributed by atoms with van der Waals surface area (Å²) in [5.41, 5.74) is 6.21. The number of rotatable bonds is 6. The number of hydrogen-bond acceptors (Lipinski definition) is 3. The van der Waals surface area contributed by atoms with E-state index in [0.717, 1.165) is 22.1 Å². The molecule has 1 aliphatic rings. The van der Waals surface area contributed by atoms with E-state index in [-0.39, 0.29) is 19.1 Å². The van der Waals surface area contributed by atoms with E-state index >= 15 is 0 Å². The van der Waals surface area contributed by atoms with Gasteiger partial charge in [-0.05, 0) is 67.1 Å². The molecule has 148 valence electrons. The quantitative estimate of drug-likeness (QED) is 0.746. The maximum absolute atomic E-state index is 13.8. The van der Waals surface area contributed by atoms with Gasteiger partial charge < -0.3 is 15.6 Å². The van der Waals surface area contributed by atoms with Crippen LogP contribution in [0, 0.1) is 5.92 Å². The number of ether oxygens (including phenoxy) is 1. The molecule has 2 aromatic carbocycles. The first-order valence-electron chi connectivity index (χ1n) is 9.73.